The molecule has 0 aromatic heterocycles. The zero-order valence-electron chi connectivity index (χ0n) is 40.4. The number of carbonyl (C=O) groups is 2. The van der Waals surface area contributed by atoms with Crippen LogP contribution in [0.2, 0.25) is 0 Å². The first-order valence-corrected chi connectivity index (χ1v) is 27.9. The molecule has 19 nitrogen and oxygen atoms in total. The summed E-state index contributed by atoms with van der Waals surface area (Å²) in [5, 5.41) is 6.46. The van der Waals surface area contributed by atoms with Crippen molar-refractivity contribution in [1.29, 1.82) is 0 Å². The Labute approximate surface area is 418 Å². The van der Waals surface area contributed by atoms with Gasteiger partial charge in [-0.1, -0.05) is 17.6 Å². The highest BCUT2D eigenvalue weighted by Crippen LogP contribution is 2.49. The van der Waals surface area contributed by atoms with Crippen molar-refractivity contribution >= 4 is 64.6 Å². The van der Waals surface area contributed by atoms with Gasteiger partial charge in [0, 0.05) is 104 Å². The van der Waals surface area contributed by atoms with Crippen molar-refractivity contribution in [3.8, 4) is 11.5 Å². The lowest BCUT2D eigenvalue weighted by molar-refractivity contribution is -0.121. The molecule has 4 aliphatic rings. The maximum atomic E-state index is 17.2. The fourth-order valence-corrected chi connectivity index (χ4v) is 11.9. The van der Waals surface area contributed by atoms with Crippen LogP contribution in [-0.2, 0) is 41.6 Å². The molecular weight excluding hydrogens is 1030 g/mol. The van der Waals surface area contributed by atoms with E-state index in [-0.39, 0.29) is 76.4 Å². The van der Waals surface area contributed by atoms with Gasteiger partial charge in [0.2, 0.25) is 11.3 Å². The van der Waals surface area contributed by atoms with Gasteiger partial charge in [-0.25, -0.2) is 22.1 Å². The summed E-state index contributed by atoms with van der Waals surface area (Å²) in [6.45, 7) is 7.59. The number of ether oxygens (including phenoxy) is 1. The molecule has 0 saturated heterocycles. The van der Waals surface area contributed by atoms with Crippen LogP contribution < -0.4 is 30.1 Å². The third-order valence-electron chi connectivity index (χ3n) is 13.2. The highest BCUT2D eigenvalue weighted by Gasteiger charge is 2.43. The summed E-state index contributed by atoms with van der Waals surface area (Å²) >= 11 is 0. The molecule has 0 fully saturated rings. The quantitative estimate of drug-likeness (QED) is 0.0107. The predicted octanol–water partition coefficient (Wildman–Crippen LogP) is 5.30. The minimum absolute atomic E-state index is 0.0128. The van der Waals surface area contributed by atoms with Gasteiger partial charge in [0.15, 0.2) is 28.8 Å². The second kappa shape index (κ2) is 20.4. The average molecular weight is 1080 g/mol. The minimum Gasteiger partial charge on any atom is -0.455 e. The van der Waals surface area contributed by atoms with Crippen LogP contribution in [0.4, 0.5) is 23.2 Å². The minimum atomic E-state index is -4.80. The van der Waals surface area contributed by atoms with Gasteiger partial charge in [0.1, 0.15) is 29.5 Å². The van der Waals surface area contributed by atoms with E-state index in [0.717, 1.165) is 7.05 Å². The second-order valence-electron chi connectivity index (χ2n) is 19.5. The number of hydrogen-bond acceptors (Lipinski definition) is 11. The highest BCUT2D eigenvalue weighted by atomic mass is 32.2. The van der Waals surface area contributed by atoms with E-state index in [1.54, 1.807) is 26.0 Å². The van der Waals surface area contributed by atoms with Crippen LogP contribution in [0.1, 0.15) is 104 Å². The topological polar surface area (TPSA) is 277 Å². The third-order valence-corrected chi connectivity index (χ3v) is 15.3. The summed E-state index contributed by atoms with van der Waals surface area (Å²) in [4.78, 5) is 32.0. The number of carbonyl (C=O) groups excluding carboxylic acids is 2. The molecule has 3 aromatic carbocycles. The molecule has 4 N–H and O–H groups in total. The largest absolute Gasteiger partial charge is 0.455 e. The van der Waals surface area contributed by atoms with Crippen LogP contribution in [0.15, 0.2) is 35.5 Å². The Morgan fingerprint density at radius 2 is 1.52 bits per heavy atom. The summed E-state index contributed by atoms with van der Waals surface area (Å²) in [7, 11) is -13.4. The number of unbranched alkanes of at least 4 members (excludes halogenated alkanes) is 2. The number of anilines is 1. The standard InChI is InChI=1S/C47H53F4N7O12S3/c1-46(2)22-26(24-72(64,65)66)29-19-31-34(21-33(29)57(46)15-8-6-7-12-35(59)53-13-10-14-54-55-52)70-44-28-11-9-16-58-43(28)30(27(23-47(58,3)4)25-73(67,68)69)20-32(44)36(31)37-38(40(49)42(51)41(50)39(37)48)45(60)56(5)17-18-71(61,62)63/h19-23H,6-18,24-25H2,1-5H3,(H3-,53,59,61,62,63,64,65,66,67,68,69)/p+1. The highest BCUT2D eigenvalue weighted by molar-refractivity contribution is 7.86. The molecule has 4 aliphatic heterocycles. The van der Waals surface area contributed by atoms with E-state index in [2.05, 4.69) is 15.3 Å². The molecule has 2 amide bonds. The molecule has 26 heteroatoms. The van der Waals surface area contributed by atoms with E-state index in [1.165, 1.54) is 18.2 Å². The monoisotopic (exact) mass is 1080 g/mol. The maximum absolute atomic E-state index is 17.2. The fraction of sp³-hybridized carbons (Fsp3) is 0.468. The van der Waals surface area contributed by atoms with Crippen molar-refractivity contribution in [2.24, 2.45) is 5.11 Å². The zero-order chi connectivity index (χ0) is 53.7. The molecule has 0 bridgehead atoms. The Bertz CT molecular complexity index is 3450. The number of amides is 2. The number of nitrogens with one attached hydrogen (secondary N) is 1. The number of benzene rings is 3. The van der Waals surface area contributed by atoms with Gasteiger partial charge in [0.05, 0.1) is 28.0 Å². The molecule has 0 saturated carbocycles. The number of azide groups is 1. The zero-order valence-corrected chi connectivity index (χ0v) is 42.9. The van der Waals surface area contributed by atoms with Crippen LogP contribution in [0, 0.1) is 23.3 Å². The lowest BCUT2D eigenvalue weighted by Crippen LogP contribution is -2.53. The molecule has 0 unspecified atom stereocenters. The predicted molar refractivity (Wildman–Crippen MR) is 262 cm³/mol. The number of rotatable bonds is 19. The Kier molecular flexibility index (Phi) is 15.4. The molecule has 0 radical (unpaired) electrons. The lowest BCUT2D eigenvalue weighted by Gasteiger charge is -2.44. The van der Waals surface area contributed by atoms with Crippen molar-refractivity contribution in [2.45, 2.75) is 83.7 Å². The average Bonchev–Trinajstić information content (AvgIpc) is 3.28. The van der Waals surface area contributed by atoms with Crippen LogP contribution in [0.3, 0.4) is 0 Å². The molecule has 0 spiro atoms. The fourth-order valence-electron chi connectivity index (χ4n) is 10.1. The van der Waals surface area contributed by atoms with Crippen molar-refractivity contribution in [3.63, 3.8) is 0 Å². The number of halogens is 4. The van der Waals surface area contributed by atoms with Gasteiger partial charge in [-0.15, -0.1) is 0 Å². The maximum Gasteiger partial charge on any atom is 0.269 e. The smallest absolute Gasteiger partial charge is 0.269 e. The van der Waals surface area contributed by atoms with E-state index in [0.29, 0.717) is 66.7 Å². The van der Waals surface area contributed by atoms with Gasteiger partial charge in [-0.3, -0.25) is 23.2 Å². The van der Waals surface area contributed by atoms with Crippen molar-refractivity contribution < 1.29 is 70.8 Å². The normalized spacial score (nSPS) is 16.5. The van der Waals surface area contributed by atoms with Crippen molar-refractivity contribution in [3.05, 3.63) is 108 Å². The molecule has 73 heavy (non-hydrogen) atoms. The van der Waals surface area contributed by atoms with Crippen molar-refractivity contribution in [2.75, 3.05) is 61.9 Å². The molecule has 0 aliphatic carbocycles. The second-order valence-corrected chi connectivity index (χ2v) is 23.9. The van der Waals surface area contributed by atoms with Crippen LogP contribution >= 0.6 is 0 Å². The Morgan fingerprint density at radius 1 is 0.863 bits per heavy atom. The summed E-state index contributed by atoms with van der Waals surface area (Å²) in [6.07, 6.45) is 5.98. The van der Waals surface area contributed by atoms with Crippen LogP contribution in [-0.4, -0.2) is 124 Å². The van der Waals surface area contributed by atoms with E-state index >= 15 is 17.6 Å². The summed E-state index contributed by atoms with van der Waals surface area (Å²) in [6, 6.07) is 4.11. The molecular formula is C47H54F4N7O12S3+. The summed E-state index contributed by atoms with van der Waals surface area (Å²) < 4.78 is 178. The Morgan fingerprint density at radius 3 is 2.16 bits per heavy atom. The molecule has 4 heterocycles. The van der Waals surface area contributed by atoms with Gasteiger partial charge >= 0.3 is 0 Å². The molecule has 0 atom stereocenters. The van der Waals surface area contributed by atoms with Crippen LogP contribution in [0.5, 0.6) is 11.5 Å². The first-order valence-electron chi connectivity index (χ1n) is 23.1. The Hall–Kier alpha value is -5.89. The summed E-state index contributed by atoms with van der Waals surface area (Å²) in [5.74, 6) is -13.9. The van der Waals surface area contributed by atoms with Gasteiger partial charge < -0.3 is 19.9 Å². The third kappa shape index (κ3) is 11.6. The summed E-state index contributed by atoms with van der Waals surface area (Å²) in [5.41, 5.74) is 4.26. The number of hydrogen-bond donors (Lipinski definition) is 4. The molecule has 394 valence electrons. The SMILES string of the molecule is CN(CCS(=O)(=O)O)C(=O)c1c(F)c(F)c(F)c(F)c1C1=c2cc3c4c(c2Oc2cc5c(cc21)C(CS(=O)(=O)O)=CC(C)(C)N5CCCCCC(=O)NCCCN=[N+]=[N-])CCC[N+]=4C(C)(C)C=C3CS(=O)(=O)O. The number of nitrogens with zero attached hydrogens (tertiary/aromatic N) is 6. The first kappa shape index (κ1) is 54.9. The van der Waals surface area contributed by atoms with E-state index in [1.807, 2.05) is 23.3 Å². The molecule has 7 rings (SSSR count). The van der Waals surface area contributed by atoms with E-state index < -0.39 is 111 Å². The van der Waals surface area contributed by atoms with E-state index in [9.17, 15) is 48.5 Å². The van der Waals surface area contributed by atoms with E-state index in [4.69, 9.17) is 10.3 Å². The van der Waals surface area contributed by atoms with Crippen LogP contribution in [0.25, 0.3) is 27.2 Å². The van der Waals surface area contributed by atoms with Gasteiger partial charge in [-0.2, -0.15) is 25.3 Å². The molecule has 3 aromatic rings. The van der Waals surface area contributed by atoms with Gasteiger partial charge in [-0.05, 0) is 74.4 Å². The van der Waals surface area contributed by atoms with Gasteiger partial charge in [0.25, 0.3) is 36.3 Å². The number of fused-ring (bicyclic) bond motifs is 4. The first-order chi connectivity index (χ1) is 33.9. The lowest BCUT2D eigenvalue weighted by atomic mass is 9.81. The Balaban J connectivity index is 1.51. The van der Waals surface area contributed by atoms with Crippen molar-refractivity contribution in [1.82, 2.24) is 14.8 Å².